The van der Waals surface area contributed by atoms with E-state index >= 15 is 0 Å². The monoisotopic (exact) mass is 292 g/mol. The number of benzene rings is 1. The van der Waals surface area contributed by atoms with E-state index in [0.717, 1.165) is 53.6 Å². The molecule has 110 valence electrons. The molecule has 1 aromatic carbocycles. The first-order valence-corrected chi connectivity index (χ1v) is 8.05. The minimum absolute atomic E-state index is 0.803. The van der Waals surface area contributed by atoms with Crippen LogP contribution in [-0.2, 0) is 0 Å². The van der Waals surface area contributed by atoms with Crippen molar-refractivity contribution in [3.05, 3.63) is 18.2 Å². The second-order valence-electron chi connectivity index (χ2n) is 5.03. The Balaban J connectivity index is 1.95. The van der Waals surface area contributed by atoms with Gasteiger partial charge in [0.1, 0.15) is 0 Å². The molecule has 2 aromatic rings. The van der Waals surface area contributed by atoms with Crippen molar-refractivity contribution in [2.45, 2.75) is 20.3 Å². The summed E-state index contributed by atoms with van der Waals surface area (Å²) in [5, 5.41) is 1.07. The smallest absolute Gasteiger partial charge is 0.186 e. The van der Waals surface area contributed by atoms with Gasteiger partial charge in [0.05, 0.1) is 10.2 Å². The number of hydrogen-bond donors (Lipinski definition) is 1. The standard InChI is InChI=1S/C15H24N4S/c1-4-19(5-2)10-6-9-18(3)15-17-13-8-7-12(16)11-14(13)20-15/h7-8,11H,4-6,9-10,16H2,1-3H3. The van der Waals surface area contributed by atoms with Gasteiger partial charge in [0, 0.05) is 19.3 Å². The van der Waals surface area contributed by atoms with Gasteiger partial charge in [-0.05, 0) is 44.3 Å². The largest absolute Gasteiger partial charge is 0.399 e. The van der Waals surface area contributed by atoms with Crippen molar-refractivity contribution in [2.75, 3.05) is 43.9 Å². The summed E-state index contributed by atoms with van der Waals surface area (Å²) in [4.78, 5) is 9.36. The molecule has 1 aromatic heterocycles. The van der Waals surface area contributed by atoms with Gasteiger partial charge in [-0.2, -0.15) is 0 Å². The van der Waals surface area contributed by atoms with Crippen molar-refractivity contribution in [1.29, 1.82) is 0 Å². The normalized spacial score (nSPS) is 11.4. The molecule has 1 heterocycles. The third-order valence-electron chi connectivity index (χ3n) is 3.59. The molecular formula is C15H24N4S. The van der Waals surface area contributed by atoms with Gasteiger partial charge in [0.2, 0.25) is 0 Å². The topological polar surface area (TPSA) is 45.4 Å². The van der Waals surface area contributed by atoms with Crippen LogP contribution in [0.2, 0.25) is 0 Å². The quantitative estimate of drug-likeness (QED) is 0.797. The third-order valence-corrected chi connectivity index (χ3v) is 4.72. The van der Waals surface area contributed by atoms with Crippen molar-refractivity contribution in [1.82, 2.24) is 9.88 Å². The lowest BCUT2D eigenvalue weighted by molar-refractivity contribution is 0.301. The molecule has 0 saturated heterocycles. The van der Waals surface area contributed by atoms with Crippen LogP contribution >= 0.6 is 11.3 Å². The molecule has 0 unspecified atom stereocenters. The number of fused-ring (bicyclic) bond motifs is 1. The average molecular weight is 292 g/mol. The molecular weight excluding hydrogens is 268 g/mol. The Bertz CT molecular complexity index is 548. The molecule has 0 amide bonds. The van der Waals surface area contributed by atoms with E-state index in [0.29, 0.717) is 0 Å². The van der Waals surface area contributed by atoms with Gasteiger partial charge in [-0.1, -0.05) is 25.2 Å². The molecule has 0 fully saturated rings. The molecule has 5 heteroatoms. The van der Waals surface area contributed by atoms with Crippen molar-refractivity contribution >= 4 is 32.4 Å². The van der Waals surface area contributed by atoms with Crippen LogP contribution in [0.25, 0.3) is 10.2 Å². The molecule has 20 heavy (non-hydrogen) atoms. The fourth-order valence-electron chi connectivity index (χ4n) is 2.26. The minimum atomic E-state index is 0.803. The van der Waals surface area contributed by atoms with Crippen LogP contribution in [0.1, 0.15) is 20.3 Å². The van der Waals surface area contributed by atoms with Gasteiger partial charge in [-0.25, -0.2) is 4.98 Å². The zero-order valence-electron chi connectivity index (χ0n) is 12.6. The highest BCUT2D eigenvalue weighted by atomic mass is 32.1. The Morgan fingerprint density at radius 3 is 2.65 bits per heavy atom. The van der Waals surface area contributed by atoms with Crippen LogP contribution < -0.4 is 10.6 Å². The number of aromatic nitrogens is 1. The Labute approximate surface area is 125 Å². The van der Waals surface area contributed by atoms with Crippen LogP contribution in [0, 0.1) is 0 Å². The van der Waals surface area contributed by atoms with Gasteiger partial charge in [0.25, 0.3) is 0 Å². The predicted octanol–water partition coefficient (Wildman–Crippen LogP) is 3.05. The van der Waals surface area contributed by atoms with Crippen molar-refractivity contribution in [3.8, 4) is 0 Å². The molecule has 2 rings (SSSR count). The average Bonchev–Trinajstić information content (AvgIpc) is 2.86. The molecule has 0 saturated carbocycles. The molecule has 0 aliphatic heterocycles. The number of rotatable bonds is 7. The van der Waals surface area contributed by atoms with Gasteiger partial charge in [-0.3, -0.25) is 0 Å². The summed E-state index contributed by atoms with van der Waals surface area (Å²) in [6.45, 7) is 8.86. The van der Waals surface area contributed by atoms with E-state index in [1.54, 1.807) is 11.3 Å². The second kappa shape index (κ2) is 6.90. The highest BCUT2D eigenvalue weighted by Crippen LogP contribution is 2.29. The van der Waals surface area contributed by atoms with E-state index in [2.05, 4.69) is 35.7 Å². The first kappa shape index (κ1) is 15.1. The summed E-state index contributed by atoms with van der Waals surface area (Å²) >= 11 is 1.71. The van der Waals surface area contributed by atoms with E-state index in [-0.39, 0.29) is 0 Å². The molecule has 0 spiro atoms. The van der Waals surface area contributed by atoms with Gasteiger partial charge < -0.3 is 15.5 Å². The lowest BCUT2D eigenvalue weighted by Gasteiger charge is -2.20. The summed E-state index contributed by atoms with van der Waals surface area (Å²) in [7, 11) is 2.11. The molecule has 0 atom stereocenters. The summed E-state index contributed by atoms with van der Waals surface area (Å²) in [5.41, 5.74) is 7.65. The summed E-state index contributed by atoms with van der Waals surface area (Å²) in [6.07, 6.45) is 1.16. The summed E-state index contributed by atoms with van der Waals surface area (Å²) < 4.78 is 1.16. The SMILES string of the molecule is CCN(CC)CCCN(C)c1nc2ccc(N)cc2s1. The summed E-state index contributed by atoms with van der Waals surface area (Å²) in [5.74, 6) is 0. The maximum atomic E-state index is 5.81. The van der Waals surface area contributed by atoms with Gasteiger partial charge in [-0.15, -0.1) is 0 Å². The molecule has 0 bridgehead atoms. The Morgan fingerprint density at radius 1 is 1.20 bits per heavy atom. The first-order chi connectivity index (χ1) is 9.63. The number of nitrogen functional groups attached to an aromatic ring is 1. The lowest BCUT2D eigenvalue weighted by Crippen LogP contribution is -2.28. The van der Waals surface area contributed by atoms with Crippen LogP contribution in [0.4, 0.5) is 10.8 Å². The molecule has 0 aliphatic carbocycles. The van der Waals surface area contributed by atoms with Gasteiger partial charge >= 0.3 is 0 Å². The zero-order valence-corrected chi connectivity index (χ0v) is 13.4. The fourth-order valence-corrected chi connectivity index (χ4v) is 3.26. The third kappa shape index (κ3) is 3.61. The number of thiazole rings is 1. The van der Waals surface area contributed by atoms with Crippen LogP contribution in [0.3, 0.4) is 0 Å². The predicted molar refractivity (Wildman–Crippen MR) is 89.7 cm³/mol. The molecule has 2 N–H and O–H groups in total. The highest BCUT2D eigenvalue weighted by Gasteiger charge is 2.09. The van der Waals surface area contributed by atoms with Crippen LogP contribution in [-0.4, -0.2) is 43.1 Å². The number of anilines is 2. The van der Waals surface area contributed by atoms with E-state index in [1.807, 2.05) is 18.2 Å². The zero-order chi connectivity index (χ0) is 14.5. The number of nitrogens with two attached hydrogens (primary N) is 1. The van der Waals surface area contributed by atoms with Crippen LogP contribution in [0.15, 0.2) is 18.2 Å². The molecule has 0 aliphatic rings. The van der Waals surface area contributed by atoms with Crippen molar-refractivity contribution in [3.63, 3.8) is 0 Å². The van der Waals surface area contributed by atoms with Gasteiger partial charge in [0.15, 0.2) is 5.13 Å². The Kier molecular flexibility index (Phi) is 5.20. The minimum Gasteiger partial charge on any atom is -0.399 e. The fraction of sp³-hybridized carbons (Fsp3) is 0.533. The Morgan fingerprint density at radius 2 is 1.95 bits per heavy atom. The van der Waals surface area contributed by atoms with Crippen molar-refractivity contribution in [2.24, 2.45) is 0 Å². The highest BCUT2D eigenvalue weighted by molar-refractivity contribution is 7.22. The first-order valence-electron chi connectivity index (χ1n) is 7.23. The number of hydrogen-bond acceptors (Lipinski definition) is 5. The lowest BCUT2D eigenvalue weighted by atomic mass is 10.3. The molecule has 4 nitrogen and oxygen atoms in total. The second-order valence-corrected chi connectivity index (χ2v) is 6.03. The number of nitrogens with zero attached hydrogens (tertiary/aromatic N) is 3. The maximum Gasteiger partial charge on any atom is 0.186 e. The van der Waals surface area contributed by atoms with E-state index in [4.69, 9.17) is 5.73 Å². The van der Waals surface area contributed by atoms with Crippen molar-refractivity contribution < 1.29 is 0 Å². The van der Waals surface area contributed by atoms with E-state index in [9.17, 15) is 0 Å². The Hall–Kier alpha value is -1.33. The van der Waals surface area contributed by atoms with Crippen LogP contribution in [0.5, 0.6) is 0 Å². The molecule has 0 radical (unpaired) electrons. The van der Waals surface area contributed by atoms with E-state index < -0.39 is 0 Å². The van der Waals surface area contributed by atoms with E-state index in [1.165, 1.54) is 0 Å². The maximum absolute atomic E-state index is 5.81. The summed E-state index contributed by atoms with van der Waals surface area (Å²) in [6, 6.07) is 5.90.